The Hall–Kier alpha value is -1.23. The van der Waals surface area contributed by atoms with Gasteiger partial charge >= 0.3 is 5.97 Å². The third-order valence-corrected chi connectivity index (χ3v) is 7.02. The molecule has 1 N–H and O–H groups in total. The molecule has 1 aliphatic rings. The Morgan fingerprint density at radius 3 is 2.67 bits per heavy atom. The van der Waals surface area contributed by atoms with Gasteiger partial charge < -0.3 is 5.11 Å². The minimum absolute atomic E-state index is 0.0500. The van der Waals surface area contributed by atoms with Crippen molar-refractivity contribution in [2.75, 3.05) is 13.1 Å². The highest BCUT2D eigenvalue weighted by Gasteiger charge is 2.45. The number of carbonyl (C=O) groups is 1. The first-order valence-electron chi connectivity index (χ1n) is 5.75. The minimum Gasteiger partial charge on any atom is -0.481 e. The molecule has 0 radical (unpaired) electrons. The maximum absolute atomic E-state index is 12.4. The molecule has 11 heteroatoms. The average molecular weight is 355 g/mol. The van der Waals surface area contributed by atoms with Gasteiger partial charge in [0.15, 0.2) is 4.34 Å². The molecule has 1 aromatic rings. The van der Waals surface area contributed by atoms with Crippen molar-refractivity contribution >= 4 is 44.6 Å². The lowest BCUT2D eigenvalue weighted by Gasteiger charge is -2.19. The first-order valence-corrected chi connectivity index (χ1v) is 8.39. The van der Waals surface area contributed by atoms with Crippen LogP contribution in [0.5, 0.6) is 0 Å². The summed E-state index contributed by atoms with van der Waals surface area (Å²) in [5.74, 6) is -1.07. The standard InChI is InChI=1S/C10H11ClN2O6S2/c1-10(9(14)15)2-3-12(5-10)21(18,19)7-4-6(13(16)17)8(11)20-7/h4H,2-3,5H2,1H3,(H,14,15). The quantitative estimate of drug-likeness (QED) is 0.650. The lowest BCUT2D eigenvalue weighted by molar-refractivity contribution is -0.384. The first-order chi connectivity index (χ1) is 9.58. The maximum Gasteiger partial charge on any atom is 0.310 e. The van der Waals surface area contributed by atoms with Crippen molar-refractivity contribution in [1.82, 2.24) is 4.31 Å². The number of sulfonamides is 1. The van der Waals surface area contributed by atoms with Gasteiger partial charge in [-0.05, 0) is 13.3 Å². The average Bonchev–Trinajstić information content (AvgIpc) is 2.94. The molecule has 1 saturated heterocycles. The Bertz CT molecular complexity index is 715. The lowest BCUT2D eigenvalue weighted by Crippen LogP contribution is -2.34. The van der Waals surface area contributed by atoms with Gasteiger partial charge in [0.25, 0.3) is 15.7 Å². The highest BCUT2D eigenvalue weighted by Crippen LogP contribution is 2.40. The summed E-state index contributed by atoms with van der Waals surface area (Å²) in [6.07, 6.45) is 0.183. The van der Waals surface area contributed by atoms with E-state index in [1.165, 1.54) is 6.92 Å². The van der Waals surface area contributed by atoms with Gasteiger partial charge in [-0.2, -0.15) is 4.31 Å². The van der Waals surface area contributed by atoms with Crippen LogP contribution in [-0.2, 0) is 14.8 Å². The monoisotopic (exact) mass is 354 g/mol. The molecule has 1 aromatic heterocycles. The molecule has 1 atom stereocenters. The van der Waals surface area contributed by atoms with Crippen LogP contribution in [0.25, 0.3) is 0 Å². The lowest BCUT2D eigenvalue weighted by atomic mass is 9.90. The van der Waals surface area contributed by atoms with Crippen molar-refractivity contribution in [1.29, 1.82) is 0 Å². The zero-order valence-electron chi connectivity index (χ0n) is 10.8. The number of aliphatic carboxylic acids is 1. The second-order valence-electron chi connectivity index (χ2n) is 4.94. The van der Waals surface area contributed by atoms with E-state index in [-0.39, 0.29) is 28.1 Å². The molecule has 0 aliphatic carbocycles. The summed E-state index contributed by atoms with van der Waals surface area (Å²) in [6, 6.07) is 0.902. The van der Waals surface area contributed by atoms with E-state index in [4.69, 9.17) is 16.7 Å². The van der Waals surface area contributed by atoms with E-state index in [0.717, 1.165) is 10.4 Å². The molecule has 0 amide bonds. The fourth-order valence-electron chi connectivity index (χ4n) is 2.02. The molecule has 116 valence electrons. The highest BCUT2D eigenvalue weighted by molar-refractivity contribution is 7.91. The van der Waals surface area contributed by atoms with Crippen LogP contribution in [0.3, 0.4) is 0 Å². The van der Waals surface area contributed by atoms with Crippen LogP contribution in [0.15, 0.2) is 10.3 Å². The molecule has 1 aliphatic heterocycles. The predicted octanol–water partition coefficient (Wildman–Crippen LogP) is 1.80. The van der Waals surface area contributed by atoms with Crippen molar-refractivity contribution < 1.29 is 23.2 Å². The van der Waals surface area contributed by atoms with Gasteiger partial charge in [-0.3, -0.25) is 14.9 Å². The van der Waals surface area contributed by atoms with Crippen LogP contribution >= 0.6 is 22.9 Å². The highest BCUT2D eigenvalue weighted by atomic mass is 35.5. The second kappa shape index (κ2) is 5.20. The zero-order chi connectivity index (χ0) is 16.0. The van der Waals surface area contributed by atoms with Crippen LogP contribution in [0.4, 0.5) is 5.69 Å². The summed E-state index contributed by atoms with van der Waals surface area (Å²) in [6.45, 7) is 1.34. The summed E-state index contributed by atoms with van der Waals surface area (Å²) >= 11 is 6.25. The normalized spacial score (nSPS) is 23.3. The first kappa shape index (κ1) is 16.1. The summed E-state index contributed by atoms with van der Waals surface area (Å²) in [7, 11) is -3.98. The van der Waals surface area contributed by atoms with Crippen LogP contribution < -0.4 is 0 Å². The SMILES string of the molecule is CC1(C(=O)O)CCN(S(=O)(=O)c2cc([N+](=O)[O-])c(Cl)s2)C1. The summed E-state index contributed by atoms with van der Waals surface area (Å²) in [5.41, 5.74) is -1.62. The van der Waals surface area contributed by atoms with Crippen LogP contribution in [-0.4, -0.2) is 41.8 Å². The Morgan fingerprint density at radius 1 is 1.62 bits per heavy atom. The predicted molar refractivity (Wildman–Crippen MR) is 75.1 cm³/mol. The molecule has 0 spiro atoms. The number of halogens is 1. The molecular formula is C10H11ClN2O6S2. The molecule has 1 fully saturated rings. The van der Waals surface area contributed by atoms with Gasteiger partial charge in [-0.15, -0.1) is 11.3 Å². The van der Waals surface area contributed by atoms with Crippen molar-refractivity contribution in [3.8, 4) is 0 Å². The van der Waals surface area contributed by atoms with Gasteiger partial charge in [0.1, 0.15) is 4.21 Å². The third kappa shape index (κ3) is 2.76. The Kier molecular flexibility index (Phi) is 4.00. The number of carboxylic acids is 1. The molecule has 0 aromatic carbocycles. The van der Waals surface area contributed by atoms with E-state index >= 15 is 0 Å². The summed E-state index contributed by atoms with van der Waals surface area (Å²) in [4.78, 5) is 21.1. The Balaban J connectivity index is 2.34. The van der Waals surface area contributed by atoms with Crippen LogP contribution in [0, 0.1) is 15.5 Å². The largest absolute Gasteiger partial charge is 0.481 e. The van der Waals surface area contributed by atoms with Gasteiger partial charge in [-0.1, -0.05) is 11.6 Å². The number of thiophene rings is 1. The van der Waals surface area contributed by atoms with E-state index < -0.39 is 32.0 Å². The van der Waals surface area contributed by atoms with E-state index in [2.05, 4.69) is 0 Å². The molecule has 0 bridgehead atoms. The molecule has 1 unspecified atom stereocenters. The van der Waals surface area contributed by atoms with Crippen molar-refractivity contribution in [2.45, 2.75) is 17.6 Å². The molecule has 8 nitrogen and oxygen atoms in total. The molecular weight excluding hydrogens is 344 g/mol. The van der Waals surface area contributed by atoms with Crippen LogP contribution in [0.2, 0.25) is 4.34 Å². The zero-order valence-corrected chi connectivity index (χ0v) is 13.2. The summed E-state index contributed by atoms with van der Waals surface area (Å²) < 4.78 is 25.3. The van der Waals surface area contributed by atoms with E-state index in [9.17, 15) is 23.3 Å². The van der Waals surface area contributed by atoms with Gasteiger partial charge in [-0.25, -0.2) is 8.42 Å². The van der Waals surface area contributed by atoms with E-state index in [1.54, 1.807) is 0 Å². The third-order valence-electron chi connectivity index (χ3n) is 3.39. The molecule has 0 saturated carbocycles. The Labute approximate surface area is 129 Å². The fourth-order valence-corrected chi connectivity index (χ4v) is 5.40. The maximum atomic E-state index is 12.4. The van der Waals surface area contributed by atoms with Crippen molar-refractivity contribution in [3.05, 3.63) is 20.5 Å². The van der Waals surface area contributed by atoms with E-state index in [1.807, 2.05) is 0 Å². The molecule has 2 rings (SSSR count). The number of nitro groups is 1. The van der Waals surface area contributed by atoms with Gasteiger partial charge in [0.2, 0.25) is 0 Å². The molecule has 21 heavy (non-hydrogen) atoms. The van der Waals surface area contributed by atoms with Crippen molar-refractivity contribution in [3.63, 3.8) is 0 Å². The van der Waals surface area contributed by atoms with Crippen molar-refractivity contribution in [2.24, 2.45) is 5.41 Å². The van der Waals surface area contributed by atoms with Gasteiger partial charge in [0.05, 0.1) is 10.3 Å². The number of nitrogens with zero attached hydrogens (tertiary/aromatic N) is 2. The fraction of sp³-hybridized carbons (Fsp3) is 0.500. The topological polar surface area (TPSA) is 118 Å². The van der Waals surface area contributed by atoms with Gasteiger partial charge in [0, 0.05) is 19.2 Å². The molecule has 2 heterocycles. The number of hydrogen-bond donors (Lipinski definition) is 1. The number of hydrogen-bond acceptors (Lipinski definition) is 6. The smallest absolute Gasteiger partial charge is 0.310 e. The minimum atomic E-state index is -3.98. The van der Waals surface area contributed by atoms with Crippen LogP contribution in [0.1, 0.15) is 13.3 Å². The number of carboxylic acid groups (broad SMARTS) is 1. The second-order valence-corrected chi connectivity index (χ2v) is 8.75. The van der Waals surface area contributed by atoms with E-state index in [0.29, 0.717) is 11.3 Å². The number of rotatable bonds is 4. The Morgan fingerprint density at radius 2 is 2.24 bits per heavy atom. The summed E-state index contributed by atoms with van der Waals surface area (Å²) in [5, 5.41) is 19.8.